The molecule has 0 saturated carbocycles. The molecule has 6 nitrogen and oxygen atoms in total. The first-order valence-electron chi connectivity index (χ1n) is 8.38. The van der Waals surface area contributed by atoms with E-state index in [0.717, 1.165) is 10.0 Å². The highest BCUT2D eigenvalue weighted by molar-refractivity contribution is 9.10. The standard InChI is InChI=1S/C19H19BrN2O4S/c20-16-7-4-15(5-8-16)6-9-19(23)21-17-2-1-3-18(14-17)27(24,25)22-10-12-26-13-11-22/h1-9,14H,10-13H2,(H,21,23)/b9-6+. The zero-order chi connectivity index (χ0) is 19.3. The Morgan fingerprint density at radius 3 is 2.52 bits per heavy atom. The fourth-order valence-electron chi connectivity index (χ4n) is 2.60. The number of nitrogens with zero attached hydrogens (tertiary/aromatic N) is 1. The van der Waals surface area contributed by atoms with Gasteiger partial charge in [-0.2, -0.15) is 4.31 Å². The second-order valence-electron chi connectivity index (χ2n) is 5.92. The van der Waals surface area contributed by atoms with Gasteiger partial charge in [-0.25, -0.2) is 8.42 Å². The third-order valence-corrected chi connectivity index (χ3v) is 6.43. The summed E-state index contributed by atoms with van der Waals surface area (Å²) in [5.74, 6) is -0.334. The molecule has 1 fully saturated rings. The first-order chi connectivity index (χ1) is 12.9. The van der Waals surface area contributed by atoms with Crippen LogP contribution in [-0.4, -0.2) is 44.9 Å². The number of benzene rings is 2. The van der Waals surface area contributed by atoms with Crippen LogP contribution in [0.25, 0.3) is 6.08 Å². The number of hydrogen-bond acceptors (Lipinski definition) is 4. The molecule has 1 saturated heterocycles. The number of amides is 1. The number of morpholine rings is 1. The van der Waals surface area contributed by atoms with Crippen LogP contribution in [-0.2, 0) is 19.6 Å². The van der Waals surface area contributed by atoms with Crippen LogP contribution in [0.3, 0.4) is 0 Å². The fourth-order valence-corrected chi connectivity index (χ4v) is 4.32. The minimum absolute atomic E-state index is 0.152. The van der Waals surface area contributed by atoms with Crippen molar-refractivity contribution in [2.75, 3.05) is 31.6 Å². The quantitative estimate of drug-likeness (QED) is 0.709. The summed E-state index contributed by atoms with van der Waals surface area (Å²) in [5, 5.41) is 2.70. The molecule has 1 amide bonds. The highest BCUT2D eigenvalue weighted by Gasteiger charge is 2.26. The number of sulfonamides is 1. The van der Waals surface area contributed by atoms with Crippen molar-refractivity contribution in [2.45, 2.75) is 4.90 Å². The topological polar surface area (TPSA) is 75.7 Å². The summed E-state index contributed by atoms with van der Waals surface area (Å²) < 4.78 is 33.0. The van der Waals surface area contributed by atoms with Crippen molar-refractivity contribution in [2.24, 2.45) is 0 Å². The van der Waals surface area contributed by atoms with Gasteiger partial charge in [0.05, 0.1) is 18.1 Å². The first kappa shape index (κ1) is 19.8. The number of halogens is 1. The van der Waals surface area contributed by atoms with E-state index < -0.39 is 10.0 Å². The van der Waals surface area contributed by atoms with Crippen LogP contribution in [0.4, 0.5) is 5.69 Å². The van der Waals surface area contributed by atoms with Gasteiger partial charge in [-0.05, 0) is 42.0 Å². The maximum Gasteiger partial charge on any atom is 0.248 e. The van der Waals surface area contributed by atoms with Crippen LogP contribution >= 0.6 is 15.9 Å². The molecule has 0 aromatic heterocycles. The van der Waals surface area contributed by atoms with E-state index in [1.165, 1.54) is 22.5 Å². The van der Waals surface area contributed by atoms with E-state index >= 15 is 0 Å². The molecule has 8 heteroatoms. The maximum absolute atomic E-state index is 12.7. The molecule has 142 valence electrons. The lowest BCUT2D eigenvalue weighted by atomic mass is 10.2. The number of carbonyl (C=O) groups is 1. The number of ether oxygens (including phenoxy) is 1. The molecule has 0 radical (unpaired) electrons. The van der Waals surface area contributed by atoms with Crippen molar-refractivity contribution in [3.63, 3.8) is 0 Å². The van der Waals surface area contributed by atoms with E-state index in [9.17, 15) is 13.2 Å². The molecule has 0 spiro atoms. The number of anilines is 1. The van der Waals surface area contributed by atoms with Crippen molar-refractivity contribution in [1.29, 1.82) is 0 Å². The molecule has 1 heterocycles. The summed E-state index contributed by atoms with van der Waals surface area (Å²) in [7, 11) is -3.60. The molecule has 0 bridgehead atoms. The summed E-state index contributed by atoms with van der Waals surface area (Å²) >= 11 is 3.36. The van der Waals surface area contributed by atoms with Crippen LogP contribution in [0.15, 0.2) is 64.0 Å². The zero-order valence-corrected chi connectivity index (χ0v) is 16.9. The normalized spacial score (nSPS) is 15.7. The van der Waals surface area contributed by atoms with Crippen molar-refractivity contribution < 1.29 is 17.9 Å². The third kappa shape index (κ3) is 5.26. The van der Waals surface area contributed by atoms with Gasteiger partial charge in [0.2, 0.25) is 15.9 Å². The van der Waals surface area contributed by atoms with Crippen molar-refractivity contribution in [3.8, 4) is 0 Å². The SMILES string of the molecule is O=C(/C=C/c1ccc(Br)cc1)Nc1cccc(S(=O)(=O)N2CCOCC2)c1. The Hall–Kier alpha value is -2.00. The van der Waals surface area contributed by atoms with Crippen molar-refractivity contribution in [3.05, 3.63) is 64.6 Å². The lowest BCUT2D eigenvalue weighted by Crippen LogP contribution is -2.40. The van der Waals surface area contributed by atoms with Gasteiger partial charge in [0, 0.05) is 29.3 Å². The molecule has 2 aromatic rings. The Labute approximate surface area is 167 Å². The van der Waals surface area contributed by atoms with Crippen LogP contribution in [0.2, 0.25) is 0 Å². The summed E-state index contributed by atoms with van der Waals surface area (Å²) in [6.07, 6.45) is 3.10. The number of nitrogens with one attached hydrogen (secondary N) is 1. The smallest absolute Gasteiger partial charge is 0.248 e. The van der Waals surface area contributed by atoms with Gasteiger partial charge in [-0.15, -0.1) is 0 Å². The van der Waals surface area contributed by atoms with Gasteiger partial charge in [0.1, 0.15) is 0 Å². The average Bonchev–Trinajstić information content (AvgIpc) is 2.68. The highest BCUT2D eigenvalue weighted by Crippen LogP contribution is 2.20. The minimum Gasteiger partial charge on any atom is -0.379 e. The fraction of sp³-hybridized carbons (Fsp3) is 0.211. The van der Waals surface area contributed by atoms with E-state index in [4.69, 9.17) is 4.74 Å². The summed E-state index contributed by atoms with van der Waals surface area (Å²) in [6.45, 7) is 1.43. The van der Waals surface area contributed by atoms with Crippen LogP contribution < -0.4 is 5.32 Å². The molecule has 1 aliphatic heterocycles. The van der Waals surface area contributed by atoms with E-state index in [2.05, 4.69) is 21.2 Å². The Morgan fingerprint density at radius 1 is 1.11 bits per heavy atom. The zero-order valence-electron chi connectivity index (χ0n) is 14.5. The number of rotatable bonds is 5. The molecular weight excluding hydrogens is 432 g/mol. The predicted molar refractivity (Wildman–Crippen MR) is 108 cm³/mol. The van der Waals surface area contributed by atoms with Gasteiger partial charge in [-0.1, -0.05) is 34.1 Å². The van der Waals surface area contributed by atoms with E-state index in [0.29, 0.717) is 32.0 Å². The molecule has 1 aliphatic rings. The van der Waals surface area contributed by atoms with E-state index in [1.54, 1.807) is 18.2 Å². The monoisotopic (exact) mass is 450 g/mol. The second kappa shape index (κ2) is 8.79. The van der Waals surface area contributed by atoms with Gasteiger partial charge in [-0.3, -0.25) is 4.79 Å². The lowest BCUT2D eigenvalue weighted by Gasteiger charge is -2.26. The Balaban J connectivity index is 1.69. The van der Waals surface area contributed by atoms with Crippen molar-refractivity contribution in [1.82, 2.24) is 4.31 Å². The molecule has 0 atom stereocenters. The highest BCUT2D eigenvalue weighted by atomic mass is 79.9. The van der Waals surface area contributed by atoms with Crippen LogP contribution in [0.5, 0.6) is 0 Å². The molecule has 1 N–H and O–H groups in total. The van der Waals surface area contributed by atoms with Crippen LogP contribution in [0.1, 0.15) is 5.56 Å². The van der Waals surface area contributed by atoms with Gasteiger partial charge in [0.15, 0.2) is 0 Å². The predicted octanol–water partition coefficient (Wildman–Crippen LogP) is 3.12. The largest absolute Gasteiger partial charge is 0.379 e. The number of hydrogen-bond donors (Lipinski definition) is 1. The van der Waals surface area contributed by atoms with E-state index in [1.807, 2.05) is 24.3 Å². The lowest BCUT2D eigenvalue weighted by molar-refractivity contribution is -0.111. The molecular formula is C19H19BrN2O4S. The molecule has 0 unspecified atom stereocenters. The minimum atomic E-state index is -3.60. The molecule has 27 heavy (non-hydrogen) atoms. The summed E-state index contributed by atoms with van der Waals surface area (Å²) in [4.78, 5) is 12.3. The summed E-state index contributed by atoms with van der Waals surface area (Å²) in [5.41, 5.74) is 1.31. The van der Waals surface area contributed by atoms with E-state index in [-0.39, 0.29) is 10.8 Å². The molecule has 3 rings (SSSR count). The average molecular weight is 451 g/mol. The Morgan fingerprint density at radius 2 is 1.81 bits per heavy atom. The van der Waals surface area contributed by atoms with Crippen molar-refractivity contribution >= 4 is 43.6 Å². The summed E-state index contributed by atoms with van der Waals surface area (Å²) in [6, 6.07) is 13.8. The third-order valence-electron chi connectivity index (χ3n) is 4.01. The van der Waals surface area contributed by atoms with Gasteiger partial charge < -0.3 is 10.1 Å². The Bertz CT molecular complexity index is 936. The Kier molecular flexibility index (Phi) is 6.43. The number of carbonyl (C=O) groups excluding carboxylic acids is 1. The van der Waals surface area contributed by atoms with Gasteiger partial charge >= 0.3 is 0 Å². The maximum atomic E-state index is 12.7. The molecule has 0 aliphatic carbocycles. The van der Waals surface area contributed by atoms with Crippen LogP contribution in [0, 0.1) is 0 Å². The second-order valence-corrected chi connectivity index (χ2v) is 8.77. The first-order valence-corrected chi connectivity index (χ1v) is 10.6. The van der Waals surface area contributed by atoms with Gasteiger partial charge in [0.25, 0.3) is 0 Å². The molecule has 2 aromatic carbocycles.